The van der Waals surface area contributed by atoms with Crippen molar-refractivity contribution in [3.05, 3.63) is 0 Å². The van der Waals surface area contributed by atoms with Crippen LogP contribution in [0.1, 0.15) is 51.4 Å². The molecule has 0 aromatic heterocycles. The maximum atomic E-state index is 10.6. The van der Waals surface area contributed by atoms with Gasteiger partial charge in [0.1, 0.15) is 0 Å². The van der Waals surface area contributed by atoms with E-state index in [-0.39, 0.29) is 5.12 Å². The maximum Gasteiger partial charge on any atom is 0.500 e. The van der Waals surface area contributed by atoms with E-state index in [1.54, 1.807) is 21.3 Å². The summed E-state index contributed by atoms with van der Waals surface area (Å²) in [6.45, 7) is 0. The number of rotatable bonds is 13. The lowest BCUT2D eigenvalue weighted by Gasteiger charge is -2.24. The maximum absolute atomic E-state index is 10.6. The first-order valence-corrected chi connectivity index (χ1v) is 9.35. The van der Waals surface area contributed by atoms with Gasteiger partial charge in [0, 0.05) is 33.8 Å². The van der Waals surface area contributed by atoms with Gasteiger partial charge in [0.25, 0.3) is 0 Å². The van der Waals surface area contributed by atoms with Gasteiger partial charge in [-0.3, -0.25) is 4.79 Å². The Hall–Kier alpha value is 0.117. The summed E-state index contributed by atoms with van der Waals surface area (Å²) in [7, 11) is 2.61. The quantitative estimate of drug-likeness (QED) is 0.321. The molecule has 0 amide bonds. The van der Waals surface area contributed by atoms with E-state index in [9.17, 15) is 4.79 Å². The van der Waals surface area contributed by atoms with Crippen molar-refractivity contribution in [3.8, 4) is 0 Å². The molecule has 0 aliphatic carbocycles. The van der Waals surface area contributed by atoms with Crippen molar-refractivity contribution >= 4 is 26.5 Å². The molecule has 6 heteroatoms. The van der Waals surface area contributed by atoms with Crippen LogP contribution in [-0.2, 0) is 18.1 Å². The average molecular weight is 309 g/mol. The van der Waals surface area contributed by atoms with Gasteiger partial charge in [-0.1, -0.05) is 32.1 Å². The molecule has 0 heterocycles. The summed E-state index contributed by atoms with van der Waals surface area (Å²) >= 11 is 3.75. The van der Waals surface area contributed by atoms with E-state index in [4.69, 9.17) is 13.3 Å². The molecule has 0 aromatic carbocycles. The lowest BCUT2D eigenvalue weighted by Crippen LogP contribution is -2.42. The molecule has 0 saturated heterocycles. The number of hydrogen-bond acceptors (Lipinski definition) is 4. The summed E-state index contributed by atoms with van der Waals surface area (Å²) in [6.07, 6.45) is 8.59. The lowest BCUT2D eigenvalue weighted by molar-refractivity contribution is -0.110. The molecule has 0 rings (SSSR count). The third-order valence-corrected chi connectivity index (χ3v) is 6.36. The molecule has 0 unspecified atom stereocenters. The van der Waals surface area contributed by atoms with Gasteiger partial charge in [-0.05, 0) is 12.8 Å². The van der Waals surface area contributed by atoms with Crippen molar-refractivity contribution < 1.29 is 18.1 Å². The van der Waals surface area contributed by atoms with Crippen LogP contribution in [-0.4, -0.2) is 35.2 Å². The van der Waals surface area contributed by atoms with Gasteiger partial charge in [-0.25, -0.2) is 0 Å². The van der Waals surface area contributed by atoms with Gasteiger partial charge in [-0.2, -0.15) is 0 Å². The highest BCUT2D eigenvalue weighted by molar-refractivity contribution is 7.96. The van der Waals surface area contributed by atoms with Gasteiger partial charge in [0.2, 0.25) is 0 Å². The minimum atomic E-state index is -2.36. The van der Waals surface area contributed by atoms with Gasteiger partial charge in [-0.15, -0.1) is 12.6 Å². The first-order valence-electron chi connectivity index (χ1n) is 6.97. The van der Waals surface area contributed by atoms with Gasteiger partial charge >= 0.3 is 8.80 Å². The molecule has 0 aliphatic rings. The number of hydrogen-bond donors (Lipinski definition) is 1. The first kappa shape index (κ1) is 19.1. The zero-order valence-electron chi connectivity index (χ0n) is 12.4. The Balaban J connectivity index is 3.42. The van der Waals surface area contributed by atoms with Crippen LogP contribution in [0.15, 0.2) is 0 Å². The first-order chi connectivity index (χ1) is 9.10. The normalized spacial score (nSPS) is 11.8. The van der Waals surface area contributed by atoms with Crippen molar-refractivity contribution in [1.82, 2.24) is 0 Å². The molecule has 0 bridgehead atoms. The summed E-state index contributed by atoms with van der Waals surface area (Å²) in [5.41, 5.74) is 0. The van der Waals surface area contributed by atoms with Crippen LogP contribution < -0.4 is 0 Å². The second-order valence-electron chi connectivity index (χ2n) is 4.66. The number of carbonyl (C=O) groups is 1. The Labute approximate surface area is 124 Å². The molecule has 0 atom stereocenters. The average Bonchev–Trinajstić information content (AvgIpc) is 2.41. The fourth-order valence-electron chi connectivity index (χ4n) is 2.06. The van der Waals surface area contributed by atoms with E-state index >= 15 is 0 Å². The topological polar surface area (TPSA) is 44.8 Å². The molecule has 0 aromatic rings. The summed E-state index contributed by atoms with van der Waals surface area (Å²) < 4.78 is 16.1. The highest BCUT2D eigenvalue weighted by atomic mass is 32.1. The van der Waals surface area contributed by atoms with E-state index in [1.807, 2.05) is 0 Å². The minimum Gasteiger partial charge on any atom is -0.377 e. The summed E-state index contributed by atoms with van der Waals surface area (Å²) in [5.74, 6) is 0. The fourth-order valence-corrected chi connectivity index (χ4v) is 4.01. The highest BCUT2D eigenvalue weighted by Crippen LogP contribution is 2.18. The van der Waals surface area contributed by atoms with Gasteiger partial charge in [0.05, 0.1) is 0 Å². The zero-order chi connectivity index (χ0) is 14.6. The zero-order valence-corrected chi connectivity index (χ0v) is 14.3. The lowest BCUT2D eigenvalue weighted by atomic mass is 10.1. The Morgan fingerprint density at radius 3 is 1.68 bits per heavy atom. The van der Waals surface area contributed by atoms with E-state index in [0.29, 0.717) is 6.42 Å². The standard InChI is InChI=1S/C13H28O4SSi/c1-15-19(16-2,17-3)12-10-8-6-4-5-7-9-11-13(14)18/h4-12H2,1-3H3,(H,14,18). The highest BCUT2D eigenvalue weighted by Gasteiger charge is 2.36. The number of thiol groups is 1. The van der Waals surface area contributed by atoms with Crippen LogP contribution in [0.25, 0.3) is 0 Å². The molecular formula is C13H28O4SSi. The third-order valence-electron chi connectivity index (χ3n) is 3.31. The van der Waals surface area contributed by atoms with E-state index in [2.05, 4.69) is 12.6 Å². The monoisotopic (exact) mass is 308 g/mol. The number of unbranched alkanes of at least 4 members (excludes halogenated alkanes) is 6. The Morgan fingerprint density at radius 1 is 0.842 bits per heavy atom. The van der Waals surface area contributed by atoms with Crippen LogP contribution in [0, 0.1) is 0 Å². The summed E-state index contributed by atoms with van der Waals surface area (Å²) in [6, 6.07) is 0.880. The molecule has 0 aliphatic heterocycles. The molecule has 0 saturated carbocycles. The SMILES string of the molecule is CO[Si](CCCCCCCCCC(=O)S)(OC)OC. The van der Waals surface area contributed by atoms with E-state index in [0.717, 1.165) is 25.3 Å². The Morgan fingerprint density at radius 2 is 1.26 bits per heavy atom. The van der Waals surface area contributed by atoms with E-state index < -0.39 is 8.80 Å². The molecule has 19 heavy (non-hydrogen) atoms. The molecule has 4 nitrogen and oxygen atoms in total. The van der Waals surface area contributed by atoms with Crippen molar-refractivity contribution in [2.45, 2.75) is 57.4 Å². The second-order valence-corrected chi connectivity index (χ2v) is 8.25. The second kappa shape index (κ2) is 11.9. The molecule has 0 radical (unpaired) electrons. The Bertz CT molecular complexity index is 226. The van der Waals surface area contributed by atoms with E-state index in [1.165, 1.54) is 25.7 Å². The minimum absolute atomic E-state index is 0.00000431. The van der Waals surface area contributed by atoms with Gasteiger partial charge in [0.15, 0.2) is 5.12 Å². The fraction of sp³-hybridized carbons (Fsp3) is 0.923. The molecule has 114 valence electrons. The molecule has 0 fully saturated rings. The van der Waals surface area contributed by atoms with Crippen molar-refractivity contribution in [2.24, 2.45) is 0 Å². The largest absolute Gasteiger partial charge is 0.500 e. The van der Waals surface area contributed by atoms with Crippen molar-refractivity contribution in [1.29, 1.82) is 0 Å². The summed E-state index contributed by atoms with van der Waals surface area (Å²) in [4.78, 5) is 10.6. The van der Waals surface area contributed by atoms with Crippen LogP contribution in [0.4, 0.5) is 0 Å². The van der Waals surface area contributed by atoms with Crippen molar-refractivity contribution in [3.63, 3.8) is 0 Å². The predicted octanol–water partition coefficient (Wildman–Crippen LogP) is 3.44. The molecular weight excluding hydrogens is 280 g/mol. The van der Waals surface area contributed by atoms with Crippen LogP contribution in [0.5, 0.6) is 0 Å². The molecule has 0 spiro atoms. The molecule has 0 N–H and O–H groups in total. The van der Waals surface area contributed by atoms with Crippen LogP contribution >= 0.6 is 12.6 Å². The Kier molecular flexibility index (Phi) is 12.0. The number of carbonyl (C=O) groups excluding carboxylic acids is 1. The third kappa shape index (κ3) is 9.62. The smallest absolute Gasteiger partial charge is 0.377 e. The van der Waals surface area contributed by atoms with Gasteiger partial charge < -0.3 is 13.3 Å². The van der Waals surface area contributed by atoms with Crippen LogP contribution in [0.3, 0.4) is 0 Å². The van der Waals surface area contributed by atoms with Crippen molar-refractivity contribution in [2.75, 3.05) is 21.3 Å². The summed E-state index contributed by atoms with van der Waals surface area (Å²) in [5, 5.41) is -0.00000431. The van der Waals surface area contributed by atoms with Crippen LogP contribution in [0.2, 0.25) is 6.04 Å². The predicted molar refractivity (Wildman–Crippen MR) is 82.5 cm³/mol.